The van der Waals surface area contributed by atoms with Crippen LogP contribution in [0, 0.1) is 11.6 Å². The van der Waals surface area contributed by atoms with Gasteiger partial charge >= 0.3 is 6.18 Å². The molecule has 118 valence electrons. The number of nitrogens with zero attached hydrogens (tertiary/aromatic N) is 1. The normalized spacial score (nSPS) is 11.7. The zero-order valence-electron chi connectivity index (χ0n) is 11.5. The van der Waals surface area contributed by atoms with Gasteiger partial charge in [-0.1, -0.05) is 6.07 Å². The highest BCUT2D eigenvalue weighted by molar-refractivity contribution is 5.93. The van der Waals surface area contributed by atoms with Crippen molar-refractivity contribution in [1.82, 2.24) is 4.98 Å². The van der Waals surface area contributed by atoms with Crippen molar-refractivity contribution in [3.05, 3.63) is 65.9 Å². The van der Waals surface area contributed by atoms with Gasteiger partial charge in [-0.15, -0.1) is 0 Å². The van der Waals surface area contributed by atoms with Gasteiger partial charge in [0, 0.05) is 23.3 Å². The van der Waals surface area contributed by atoms with Crippen LogP contribution in [0.15, 0.2) is 48.7 Å². The first-order chi connectivity index (χ1) is 10.8. The molecular weight excluding hydrogens is 315 g/mol. The van der Waals surface area contributed by atoms with Crippen LogP contribution >= 0.6 is 0 Å². The molecular formula is C16H9F5N2. The Kier molecular flexibility index (Phi) is 3.63. The molecule has 1 aromatic heterocycles. The maximum Gasteiger partial charge on any atom is 0.416 e. The molecule has 0 unspecified atom stereocenters. The summed E-state index contributed by atoms with van der Waals surface area (Å²) in [5.41, 5.74) is -0.317. The predicted octanol–water partition coefficient (Wildman–Crippen LogP) is 5.28. The number of benzene rings is 2. The maximum atomic E-state index is 13.7. The molecule has 0 aliphatic carbocycles. The summed E-state index contributed by atoms with van der Waals surface area (Å²) in [7, 11) is 0. The minimum absolute atomic E-state index is 0.0128. The van der Waals surface area contributed by atoms with E-state index in [9.17, 15) is 22.0 Å². The molecule has 0 bridgehead atoms. The van der Waals surface area contributed by atoms with Crippen LogP contribution in [-0.4, -0.2) is 4.98 Å². The standard InChI is InChI=1S/C16H9F5N2/c17-10-2-4-14(12(18)8-10)23-13-5-6-22-15-7-9(16(19,20)21)1-3-11(13)15/h1-8H,(H,22,23). The van der Waals surface area contributed by atoms with E-state index in [1.165, 1.54) is 24.4 Å². The number of aromatic nitrogens is 1. The van der Waals surface area contributed by atoms with E-state index in [0.29, 0.717) is 17.1 Å². The Morgan fingerprint density at radius 1 is 0.870 bits per heavy atom. The fourth-order valence-electron chi connectivity index (χ4n) is 2.17. The monoisotopic (exact) mass is 324 g/mol. The smallest absolute Gasteiger partial charge is 0.353 e. The minimum atomic E-state index is -4.47. The van der Waals surface area contributed by atoms with Gasteiger partial charge in [0.15, 0.2) is 0 Å². The molecule has 2 aromatic carbocycles. The Labute approximate surface area is 127 Å². The van der Waals surface area contributed by atoms with Gasteiger partial charge in [-0.2, -0.15) is 13.2 Å². The summed E-state index contributed by atoms with van der Waals surface area (Å²) in [5, 5.41) is 3.13. The molecule has 23 heavy (non-hydrogen) atoms. The van der Waals surface area contributed by atoms with Crippen molar-refractivity contribution in [3.8, 4) is 0 Å². The van der Waals surface area contributed by atoms with Gasteiger partial charge in [0.05, 0.1) is 16.8 Å². The molecule has 0 amide bonds. The molecule has 7 heteroatoms. The Hall–Kier alpha value is -2.70. The second kappa shape index (κ2) is 5.49. The van der Waals surface area contributed by atoms with Crippen LogP contribution in [0.5, 0.6) is 0 Å². The van der Waals surface area contributed by atoms with E-state index >= 15 is 0 Å². The molecule has 0 saturated heterocycles. The van der Waals surface area contributed by atoms with Gasteiger partial charge in [-0.25, -0.2) is 8.78 Å². The summed E-state index contributed by atoms with van der Waals surface area (Å²) >= 11 is 0. The lowest BCUT2D eigenvalue weighted by Crippen LogP contribution is -2.05. The first-order valence-electron chi connectivity index (χ1n) is 6.52. The highest BCUT2D eigenvalue weighted by Crippen LogP contribution is 2.33. The molecule has 0 radical (unpaired) electrons. The summed E-state index contributed by atoms with van der Waals surface area (Å²) in [6, 6.07) is 7.61. The van der Waals surface area contributed by atoms with Crippen molar-refractivity contribution in [2.75, 3.05) is 5.32 Å². The fraction of sp³-hybridized carbons (Fsp3) is 0.0625. The van der Waals surface area contributed by atoms with Gasteiger partial charge in [0.25, 0.3) is 0 Å². The zero-order valence-corrected chi connectivity index (χ0v) is 11.5. The lowest BCUT2D eigenvalue weighted by molar-refractivity contribution is -0.137. The summed E-state index contributed by atoms with van der Waals surface area (Å²) in [5.74, 6) is -1.52. The Morgan fingerprint density at radius 3 is 2.35 bits per heavy atom. The van der Waals surface area contributed by atoms with Crippen LogP contribution in [-0.2, 0) is 6.18 Å². The number of pyridine rings is 1. The lowest BCUT2D eigenvalue weighted by Gasteiger charge is -2.12. The van der Waals surface area contributed by atoms with Gasteiger partial charge in [-0.3, -0.25) is 4.98 Å². The Morgan fingerprint density at radius 2 is 1.65 bits per heavy atom. The number of nitrogens with one attached hydrogen (secondary N) is 1. The van der Waals surface area contributed by atoms with Gasteiger partial charge in [0.2, 0.25) is 0 Å². The fourth-order valence-corrected chi connectivity index (χ4v) is 2.17. The topological polar surface area (TPSA) is 24.9 Å². The molecule has 0 aliphatic heterocycles. The van der Waals surface area contributed by atoms with Crippen molar-refractivity contribution in [1.29, 1.82) is 0 Å². The van der Waals surface area contributed by atoms with Crippen molar-refractivity contribution >= 4 is 22.3 Å². The molecule has 0 aliphatic rings. The molecule has 0 saturated carbocycles. The zero-order chi connectivity index (χ0) is 16.6. The van der Waals surface area contributed by atoms with Crippen LogP contribution < -0.4 is 5.32 Å². The van der Waals surface area contributed by atoms with E-state index in [1.807, 2.05) is 0 Å². The first kappa shape index (κ1) is 15.2. The third-order valence-electron chi connectivity index (χ3n) is 3.27. The van der Waals surface area contributed by atoms with Gasteiger partial charge in [-0.05, 0) is 30.3 Å². The molecule has 0 fully saturated rings. The quantitative estimate of drug-likeness (QED) is 0.649. The minimum Gasteiger partial charge on any atom is -0.353 e. The van der Waals surface area contributed by atoms with Gasteiger partial charge < -0.3 is 5.32 Å². The second-order valence-corrected chi connectivity index (χ2v) is 4.84. The predicted molar refractivity (Wildman–Crippen MR) is 76.4 cm³/mol. The first-order valence-corrected chi connectivity index (χ1v) is 6.52. The van der Waals surface area contributed by atoms with Crippen molar-refractivity contribution in [3.63, 3.8) is 0 Å². The van der Waals surface area contributed by atoms with Crippen LogP contribution in [0.3, 0.4) is 0 Å². The van der Waals surface area contributed by atoms with E-state index in [1.54, 1.807) is 0 Å². The largest absolute Gasteiger partial charge is 0.416 e. The van der Waals surface area contributed by atoms with Crippen LogP contribution in [0.25, 0.3) is 10.9 Å². The Balaban J connectivity index is 2.04. The van der Waals surface area contributed by atoms with E-state index in [2.05, 4.69) is 10.3 Å². The van der Waals surface area contributed by atoms with E-state index in [-0.39, 0.29) is 11.2 Å². The summed E-state index contributed by atoms with van der Waals surface area (Å²) in [4.78, 5) is 3.90. The number of fused-ring (bicyclic) bond motifs is 1. The molecule has 3 rings (SSSR count). The van der Waals surface area contributed by atoms with Gasteiger partial charge in [0.1, 0.15) is 11.6 Å². The number of alkyl halides is 3. The molecule has 1 heterocycles. The summed E-state index contributed by atoms with van der Waals surface area (Å²) in [6.45, 7) is 0. The number of hydrogen-bond donors (Lipinski definition) is 1. The van der Waals surface area contributed by atoms with E-state index < -0.39 is 23.4 Å². The molecule has 3 aromatic rings. The maximum absolute atomic E-state index is 13.7. The number of hydrogen-bond acceptors (Lipinski definition) is 2. The average molecular weight is 324 g/mol. The Bertz CT molecular complexity index is 874. The summed E-state index contributed by atoms with van der Waals surface area (Å²) < 4.78 is 64.8. The lowest BCUT2D eigenvalue weighted by atomic mass is 10.1. The SMILES string of the molecule is Fc1ccc(Nc2ccnc3cc(C(F)(F)F)ccc23)c(F)c1. The van der Waals surface area contributed by atoms with Crippen molar-refractivity contribution in [2.45, 2.75) is 6.18 Å². The van der Waals surface area contributed by atoms with Crippen molar-refractivity contribution in [2.24, 2.45) is 0 Å². The van der Waals surface area contributed by atoms with E-state index in [4.69, 9.17) is 0 Å². The third-order valence-corrected chi connectivity index (χ3v) is 3.27. The van der Waals surface area contributed by atoms with E-state index in [0.717, 1.165) is 18.2 Å². The van der Waals surface area contributed by atoms with Crippen LogP contribution in [0.4, 0.5) is 33.3 Å². The van der Waals surface area contributed by atoms with Crippen molar-refractivity contribution < 1.29 is 22.0 Å². The highest BCUT2D eigenvalue weighted by atomic mass is 19.4. The molecule has 0 atom stereocenters. The van der Waals surface area contributed by atoms with Crippen LogP contribution in [0.1, 0.15) is 5.56 Å². The molecule has 2 nitrogen and oxygen atoms in total. The third kappa shape index (κ3) is 3.08. The second-order valence-electron chi connectivity index (χ2n) is 4.84. The summed E-state index contributed by atoms with van der Waals surface area (Å²) in [6.07, 6.45) is -3.16. The van der Waals surface area contributed by atoms with Crippen LogP contribution in [0.2, 0.25) is 0 Å². The number of rotatable bonds is 2. The average Bonchev–Trinajstić information content (AvgIpc) is 2.49. The molecule has 0 spiro atoms. The number of anilines is 2. The highest BCUT2D eigenvalue weighted by Gasteiger charge is 2.30. The molecule has 1 N–H and O–H groups in total. The number of halogens is 5.